The van der Waals surface area contributed by atoms with Crippen LogP contribution in [0.3, 0.4) is 0 Å². The molecule has 5 nitrogen and oxygen atoms in total. The molecule has 0 amide bonds. The van der Waals surface area contributed by atoms with Crippen molar-refractivity contribution in [3.05, 3.63) is 58.6 Å². The van der Waals surface area contributed by atoms with Crippen molar-refractivity contribution in [1.29, 1.82) is 0 Å². The van der Waals surface area contributed by atoms with Gasteiger partial charge in [-0.3, -0.25) is 13.8 Å². The average molecular weight is 292 g/mol. The van der Waals surface area contributed by atoms with Gasteiger partial charge in [0.15, 0.2) is 0 Å². The standard InChI is InChI=1S/C17H16N4O/c1-11-13-10-12(8-9-14(13)18-20(11)3)21-16-7-5-4-6-15(16)19(2)17(21)22/h4-10H,1-3H3. The molecule has 0 unspecified atom stereocenters. The first-order valence-electron chi connectivity index (χ1n) is 7.18. The number of hydrogen-bond donors (Lipinski definition) is 0. The Morgan fingerprint density at radius 1 is 1.00 bits per heavy atom. The molecular weight excluding hydrogens is 276 g/mol. The molecule has 22 heavy (non-hydrogen) atoms. The highest BCUT2D eigenvalue weighted by Crippen LogP contribution is 2.23. The summed E-state index contributed by atoms with van der Waals surface area (Å²) >= 11 is 0. The van der Waals surface area contributed by atoms with E-state index in [-0.39, 0.29) is 5.69 Å². The monoisotopic (exact) mass is 292 g/mol. The molecule has 5 heteroatoms. The zero-order valence-corrected chi connectivity index (χ0v) is 12.7. The molecule has 0 radical (unpaired) electrons. The molecule has 2 aromatic carbocycles. The van der Waals surface area contributed by atoms with Gasteiger partial charge in [0.2, 0.25) is 0 Å². The van der Waals surface area contributed by atoms with E-state index >= 15 is 0 Å². The van der Waals surface area contributed by atoms with Crippen LogP contribution in [0, 0.1) is 6.92 Å². The van der Waals surface area contributed by atoms with Crippen molar-refractivity contribution in [3.8, 4) is 5.69 Å². The van der Waals surface area contributed by atoms with E-state index in [0.29, 0.717) is 0 Å². The molecule has 0 aliphatic rings. The van der Waals surface area contributed by atoms with E-state index in [9.17, 15) is 4.79 Å². The average Bonchev–Trinajstić information content (AvgIpc) is 2.95. The fourth-order valence-corrected chi connectivity index (χ4v) is 2.99. The number of hydrogen-bond acceptors (Lipinski definition) is 2. The van der Waals surface area contributed by atoms with Crippen molar-refractivity contribution in [2.45, 2.75) is 6.92 Å². The van der Waals surface area contributed by atoms with Crippen molar-refractivity contribution < 1.29 is 0 Å². The smallest absolute Gasteiger partial charge is 0.295 e. The maximum atomic E-state index is 12.6. The van der Waals surface area contributed by atoms with Crippen LogP contribution in [0.4, 0.5) is 0 Å². The Hall–Kier alpha value is -2.82. The minimum absolute atomic E-state index is 0.0397. The first-order valence-corrected chi connectivity index (χ1v) is 7.18. The number of benzene rings is 2. The maximum absolute atomic E-state index is 12.6. The zero-order chi connectivity index (χ0) is 15.4. The lowest BCUT2D eigenvalue weighted by Gasteiger charge is -2.03. The molecule has 2 heterocycles. The summed E-state index contributed by atoms with van der Waals surface area (Å²) in [6, 6.07) is 13.8. The summed E-state index contributed by atoms with van der Waals surface area (Å²) in [5.74, 6) is 0. The lowest BCUT2D eigenvalue weighted by atomic mass is 10.2. The SMILES string of the molecule is Cc1c2cc(-n3c(=O)n(C)c4ccccc43)ccc2nn1C. The summed E-state index contributed by atoms with van der Waals surface area (Å²) in [4.78, 5) is 12.6. The normalized spacial score (nSPS) is 11.6. The predicted octanol–water partition coefficient (Wildman–Crippen LogP) is 2.52. The molecule has 0 atom stereocenters. The van der Waals surface area contributed by atoms with Gasteiger partial charge in [0.1, 0.15) is 0 Å². The van der Waals surface area contributed by atoms with E-state index in [1.165, 1.54) is 0 Å². The fourth-order valence-electron chi connectivity index (χ4n) is 2.99. The molecule has 0 saturated heterocycles. The molecule has 0 bridgehead atoms. The number of imidazole rings is 1. The number of nitrogens with zero attached hydrogens (tertiary/aromatic N) is 4. The van der Waals surface area contributed by atoms with Crippen LogP contribution in [0.25, 0.3) is 27.6 Å². The molecular formula is C17H16N4O. The third-order valence-corrected chi connectivity index (χ3v) is 4.33. The van der Waals surface area contributed by atoms with Crippen LogP contribution in [0.5, 0.6) is 0 Å². The maximum Gasteiger partial charge on any atom is 0.333 e. The lowest BCUT2D eigenvalue weighted by molar-refractivity contribution is 0.751. The highest BCUT2D eigenvalue weighted by Gasteiger charge is 2.13. The second kappa shape index (κ2) is 4.34. The summed E-state index contributed by atoms with van der Waals surface area (Å²) in [5.41, 5.74) is 4.70. The van der Waals surface area contributed by atoms with E-state index < -0.39 is 0 Å². The van der Waals surface area contributed by atoms with Crippen LogP contribution < -0.4 is 5.69 Å². The van der Waals surface area contributed by atoms with Crippen LogP contribution in [-0.4, -0.2) is 18.9 Å². The Morgan fingerprint density at radius 3 is 2.50 bits per heavy atom. The van der Waals surface area contributed by atoms with E-state index in [0.717, 1.165) is 33.3 Å². The van der Waals surface area contributed by atoms with Gasteiger partial charge in [-0.15, -0.1) is 0 Å². The van der Waals surface area contributed by atoms with Gasteiger partial charge < -0.3 is 0 Å². The molecule has 0 fully saturated rings. The summed E-state index contributed by atoms with van der Waals surface area (Å²) < 4.78 is 5.29. The van der Waals surface area contributed by atoms with Gasteiger partial charge in [-0.05, 0) is 37.3 Å². The number of aromatic nitrogens is 4. The van der Waals surface area contributed by atoms with E-state index in [4.69, 9.17) is 0 Å². The molecule has 0 aliphatic carbocycles. The Morgan fingerprint density at radius 2 is 1.73 bits per heavy atom. The molecule has 0 N–H and O–H groups in total. The van der Waals surface area contributed by atoms with Crippen molar-refractivity contribution in [2.75, 3.05) is 0 Å². The highest BCUT2D eigenvalue weighted by molar-refractivity contribution is 5.85. The topological polar surface area (TPSA) is 44.8 Å². The van der Waals surface area contributed by atoms with Gasteiger partial charge in [0.25, 0.3) is 0 Å². The molecule has 110 valence electrons. The van der Waals surface area contributed by atoms with Crippen molar-refractivity contribution in [2.24, 2.45) is 14.1 Å². The molecule has 4 rings (SSSR count). The van der Waals surface area contributed by atoms with Gasteiger partial charge in [-0.2, -0.15) is 5.10 Å². The summed E-state index contributed by atoms with van der Waals surface area (Å²) in [7, 11) is 3.73. The van der Waals surface area contributed by atoms with Gasteiger partial charge in [0.05, 0.1) is 22.2 Å². The third-order valence-electron chi connectivity index (χ3n) is 4.33. The predicted molar refractivity (Wildman–Crippen MR) is 87.5 cm³/mol. The first kappa shape index (κ1) is 12.9. The van der Waals surface area contributed by atoms with E-state index in [1.807, 2.05) is 61.1 Å². The molecule has 0 aliphatic heterocycles. The Labute approximate surface area is 127 Å². The quantitative estimate of drug-likeness (QED) is 0.541. The van der Waals surface area contributed by atoms with Gasteiger partial charge in [-0.1, -0.05) is 12.1 Å². The Balaban J connectivity index is 2.09. The minimum Gasteiger partial charge on any atom is -0.295 e. The zero-order valence-electron chi connectivity index (χ0n) is 12.7. The van der Waals surface area contributed by atoms with Crippen molar-refractivity contribution in [3.63, 3.8) is 0 Å². The van der Waals surface area contributed by atoms with Crippen LogP contribution in [0.2, 0.25) is 0 Å². The largest absolute Gasteiger partial charge is 0.333 e. The second-order valence-corrected chi connectivity index (χ2v) is 5.58. The van der Waals surface area contributed by atoms with E-state index in [1.54, 1.807) is 16.2 Å². The van der Waals surface area contributed by atoms with Crippen molar-refractivity contribution in [1.82, 2.24) is 18.9 Å². The van der Waals surface area contributed by atoms with E-state index in [2.05, 4.69) is 5.10 Å². The highest BCUT2D eigenvalue weighted by atomic mass is 16.1. The minimum atomic E-state index is -0.0397. The van der Waals surface area contributed by atoms with Crippen LogP contribution in [0.1, 0.15) is 5.69 Å². The first-order chi connectivity index (χ1) is 10.6. The number of fused-ring (bicyclic) bond motifs is 2. The molecule has 0 saturated carbocycles. The molecule has 2 aromatic heterocycles. The van der Waals surface area contributed by atoms with Crippen LogP contribution in [0.15, 0.2) is 47.3 Å². The summed E-state index contributed by atoms with van der Waals surface area (Å²) in [5, 5.41) is 5.53. The van der Waals surface area contributed by atoms with Crippen LogP contribution in [-0.2, 0) is 14.1 Å². The second-order valence-electron chi connectivity index (χ2n) is 5.58. The summed E-state index contributed by atoms with van der Waals surface area (Å²) in [6.07, 6.45) is 0. The third kappa shape index (κ3) is 1.59. The van der Waals surface area contributed by atoms with Gasteiger partial charge in [-0.25, -0.2) is 4.79 Å². The lowest BCUT2D eigenvalue weighted by Crippen LogP contribution is -2.20. The number of aryl methyl sites for hydroxylation is 3. The Bertz CT molecular complexity index is 1080. The number of rotatable bonds is 1. The fraction of sp³-hybridized carbons (Fsp3) is 0.176. The summed E-state index contributed by atoms with van der Waals surface area (Å²) in [6.45, 7) is 2.03. The van der Waals surface area contributed by atoms with Gasteiger partial charge >= 0.3 is 5.69 Å². The van der Waals surface area contributed by atoms with Crippen LogP contribution >= 0.6 is 0 Å². The number of para-hydroxylation sites is 2. The molecule has 0 spiro atoms. The molecule has 4 aromatic rings. The van der Waals surface area contributed by atoms with Crippen molar-refractivity contribution >= 4 is 21.9 Å². The Kier molecular flexibility index (Phi) is 2.54. The van der Waals surface area contributed by atoms with Gasteiger partial charge in [0, 0.05) is 25.2 Å².